The molecule has 0 bridgehead atoms. The molecule has 0 aliphatic heterocycles. The van der Waals surface area contributed by atoms with Gasteiger partial charge in [0.2, 0.25) is 0 Å². The van der Waals surface area contributed by atoms with Gasteiger partial charge in [0.15, 0.2) is 9.84 Å². The van der Waals surface area contributed by atoms with E-state index in [2.05, 4.69) is 0 Å². The molecule has 0 aromatic heterocycles. The highest BCUT2D eigenvalue weighted by Gasteiger charge is 2.17. The lowest BCUT2D eigenvalue weighted by Gasteiger charge is -2.07. The minimum Gasteiger partial charge on any atom is -0.478 e. The Kier molecular flexibility index (Phi) is 4.56. The molecule has 4 nitrogen and oxygen atoms in total. The lowest BCUT2D eigenvalue weighted by atomic mass is 10.2. The van der Waals surface area contributed by atoms with E-state index in [-0.39, 0.29) is 21.2 Å². The summed E-state index contributed by atoms with van der Waals surface area (Å²) in [6, 6.07) is 9.61. The fourth-order valence-corrected chi connectivity index (χ4v) is 3.66. The van der Waals surface area contributed by atoms with Crippen LogP contribution in [0.5, 0.6) is 0 Å². The number of halogens is 2. The van der Waals surface area contributed by atoms with E-state index >= 15 is 0 Å². The Labute approximate surface area is 131 Å². The maximum atomic E-state index is 12.3. The number of aromatic carboxylic acids is 1. The Morgan fingerprint density at radius 2 is 1.67 bits per heavy atom. The quantitative estimate of drug-likeness (QED) is 0.918. The number of hydrogen-bond donors (Lipinski definition) is 1. The molecule has 0 radical (unpaired) electrons. The predicted octanol–water partition coefficient (Wildman–Crippen LogP) is 3.67. The SMILES string of the molecule is O=C(O)c1ccc(S(=O)(=O)Cc2ccc(Cl)cc2Cl)cc1. The molecule has 2 aromatic rings. The van der Waals surface area contributed by atoms with Crippen LogP contribution in [0.25, 0.3) is 0 Å². The smallest absolute Gasteiger partial charge is 0.335 e. The molecule has 0 unspecified atom stereocenters. The first kappa shape index (κ1) is 15.8. The lowest BCUT2D eigenvalue weighted by Crippen LogP contribution is -2.06. The second-order valence-electron chi connectivity index (χ2n) is 4.32. The number of carboxylic acid groups (broad SMARTS) is 1. The maximum absolute atomic E-state index is 12.3. The van der Waals surface area contributed by atoms with Gasteiger partial charge in [0.1, 0.15) is 0 Å². The topological polar surface area (TPSA) is 71.4 Å². The molecular weight excluding hydrogens is 335 g/mol. The van der Waals surface area contributed by atoms with Crippen molar-refractivity contribution in [3.63, 3.8) is 0 Å². The monoisotopic (exact) mass is 344 g/mol. The molecule has 0 heterocycles. The van der Waals surface area contributed by atoms with Crippen LogP contribution in [0.2, 0.25) is 10.0 Å². The van der Waals surface area contributed by atoms with Crippen molar-refractivity contribution in [1.29, 1.82) is 0 Å². The van der Waals surface area contributed by atoms with Crippen LogP contribution in [0.15, 0.2) is 47.4 Å². The highest BCUT2D eigenvalue weighted by molar-refractivity contribution is 7.90. The van der Waals surface area contributed by atoms with Crippen LogP contribution in [0.4, 0.5) is 0 Å². The van der Waals surface area contributed by atoms with E-state index in [0.29, 0.717) is 10.6 Å². The largest absolute Gasteiger partial charge is 0.478 e. The van der Waals surface area contributed by atoms with Crippen molar-refractivity contribution in [2.75, 3.05) is 0 Å². The van der Waals surface area contributed by atoms with Crippen molar-refractivity contribution in [2.45, 2.75) is 10.6 Å². The fraction of sp³-hybridized carbons (Fsp3) is 0.0714. The first-order valence-electron chi connectivity index (χ1n) is 5.79. The van der Waals surface area contributed by atoms with E-state index in [1.54, 1.807) is 12.1 Å². The summed E-state index contributed by atoms with van der Waals surface area (Å²) >= 11 is 11.7. The normalized spacial score (nSPS) is 11.3. The second-order valence-corrected chi connectivity index (χ2v) is 7.16. The Balaban J connectivity index is 2.31. The van der Waals surface area contributed by atoms with Gasteiger partial charge in [0.25, 0.3) is 0 Å². The second kappa shape index (κ2) is 6.05. The van der Waals surface area contributed by atoms with Crippen LogP contribution in [0, 0.1) is 0 Å². The summed E-state index contributed by atoms with van der Waals surface area (Å²) < 4.78 is 24.6. The van der Waals surface area contributed by atoms with Gasteiger partial charge in [-0.25, -0.2) is 13.2 Å². The molecule has 0 spiro atoms. The van der Waals surface area contributed by atoms with E-state index in [4.69, 9.17) is 28.3 Å². The molecule has 7 heteroatoms. The summed E-state index contributed by atoms with van der Waals surface area (Å²) in [6.07, 6.45) is 0. The summed E-state index contributed by atoms with van der Waals surface area (Å²) in [6.45, 7) is 0. The molecule has 1 N–H and O–H groups in total. The minimum atomic E-state index is -3.61. The molecule has 2 aromatic carbocycles. The number of hydrogen-bond acceptors (Lipinski definition) is 3. The van der Waals surface area contributed by atoms with E-state index < -0.39 is 15.8 Å². The van der Waals surface area contributed by atoms with Gasteiger partial charge in [0.05, 0.1) is 16.2 Å². The highest BCUT2D eigenvalue weighted by atomic mass is 35.5. The average Bonchev–Trinajstić information content (AvgIpc) is 2.42. The Morgan fingerprint density at radius 1 is 1.05 bits per heavy atom. The zero-order valence-corrected chi connectivity index (χ0v) is 12.9. The minimum absolute atomic E-state index is 0.0264. The van der Waals surface area contributed by atoms with Crippen LogP contribution in [-0.2, 0) is 15.6 Å². The average molecular weight is 345 g/mol. The van der Waals surface area contributed by atoms with Crippen molar-refractivity contribution in [3.8, 4) is 0 Å². The van der Waals surface area contributed by atoms with Gasteiger partial charge >= 0.3 is 5.97 Å². The van der Waals surface area contributed by atoms with Gasteiger partial charge in [0, 0.05) is 10.0 Å². The first-order chi connectivity index (χ1) is 9.79. The summed E-state index contributed by atoms with van der Waals surface area (Å²) in [5.74, 6) is -1.39. The third-order valence-electron chi connectivity index (χ3n) is 2.82. The number of carboxylic acids is 1. The first-order valence-corrected chi connectivity index (χ1v) is 8.20. The molecule has 0 aliphatic carbocycles. The lowest BCUT2D eigenvalue weighted by molar-refractivity contribution is 0.0696. The van der Waals surface area contributed by atoms with E-state index in [9.17, 15) is 13.2 Å². The molecule has 0 atom stereocenters. The van der Waals surface area contributed by atoms with E-state index in [0.717, 1.165) is 0 Å². The van der Waals surface area contributed by atoms with Gasteiger partial charge in [-0.3, -0.25) is 0 Å². The third-order valence-corrected chi connectivity index (χ3v) is 5.09. The Morgan fingerprint density at radius 3 is 2.19 bits per heavy atom. The van der Waals surface area contributed by atoms with Crippen LogP contribution < -0.4 is 0 Å². The molecule has 0 fully saturated rings. The zero-order valence-electron chi connectivity index (χ0n) is 10.6. The predicted molar refractivity (Wildman–Crippen MR) is 80.8 cm³/mol. The summed E-state index contributed by atoms with van der Waals surface area (Å²) in [5.41, 5.74) is 0.460. The standard InChI is InChI=1S/C14H10Cl2O4S/c15-11-4-1-10(13(16)7-11)8-21(19,20)12-5-2-9(3-6-12)14(17)18/h1-7H,8H2,(H,17,18). The number of sulfone groups is 1. The van der Waals surface area contributed by atoms with Gasteiger partial charge < -0.3 is 5.11 Å². The van der Waals surface area contributed by atoms with Crippen LogP contribution in [0.3, 0.4) is 0 Å². The van der Waals surface area contributed by atoms with E-state index in [1.807, 2.05) is 0 Å². The van der Waals surface area contributed by atoms with Gasteiger partial charge in [-0.05, 0) is 42.0 Å². The third kappa shape index (κ3) is 3.75. The van der Waals surface area contributed by atoms with Crippen molar-refractivity contribution in [2.24, 2.45) is 0 Å². The van der Waals surface area contributed by atoms with Crippen LogP contribution >= 0.6 is 23.2 Å². The van der Waals surface area contributed by atoms with Crippen molar-refractivity contribution >= 4 is 39.0 Å². The molecule has 0 saturated heterocycles. The summed E-state index contributed by atoms with van der Waals surface area (Å²) in [4.78, 5) is 10.8. The molecule has 0 amide bonds. The Bertz CT molecular complexity index is 783. The van der Waals surface area contributed by atoms with Gasteiger partial charge in [-0.2, -0.15) is 0 Å². The number of rotatable bonds is 4. The van der Waals surface area contributed by atoms with Crippen molar-refractivity contribution < 1.29 is 18.3 Å². The molecule has 110 valence electrons. The van der Waals surface area contributed by atoms with Gasteiger partial charge in [-0.15, -0.1) is 0 Å². The van der Waals surface area contributed by atoms with Crippen molar-refractivity contribution in [3.05, 3.63) is 63.6 Å². The van der Waals surface area contributed by atoms with E-state index in [1.165, 1.54) is 30.3 Å². The molecular formula is C14H10Cl2O4S. The van der Waals surface area contributed by atoms with Crippen molar-refractivity contribution in [1.82, 2.24) is 0 Å². The molecule has 2 rings (SSSR count). The van der Waals surface area contributed by atoms with Gasteiger partial charge in [-0.1, -0.05) is 29.3 Å². The number of benzene rings is 2. The fourth-order valence-electron chi connectivity index (χ4n) is 1.73. The summed E-state index contributed by atoms with van der Waals surface area (Å²) in [7, 11) is -3.61. The number of carbonyl (C=O) groups is 1. The Hall–Kier alpha value is -1.56. The molecule has 21 heavy (non-hydrogen) atoms. The van der Waals surface area contributed by atoms with Crippen LogP contribution in [-0.4, -0.2) is 19.5 Å². The zero-order chi connectivity index (χ0) is 15.6. The molecule has 0 aliphatic rings. The molecule has 0 saturated carbocycles. The summed E-state index contributed by atoms with van der Waals surface area (Å²) in [5, 5.41) is 9.49. The maximum Gasteiger partial charge on any atom is 0.335 e. The highest BCUT2D eigenvalue weighted by Crippen LogP contribution is 2.25. The van der Waals surface area contributed by atoms with Crippen LogP contribution in [0.1, 0.15) is 15.9 Å².